The van der Waals surface area contributed by atoms with Gasteiger partial charge in [-0.3, -0.25) is 19.3 Å². The molecule has 0 saturated carbocycles. The highest BCUT2D eigenvalue weighted by molar-refractivity contribution is 8.18. The monoisotopic (exact) mass is 520 g/mol. The molecule has 1 saturated heterocycles. The second kappa shape index (κ2) is 11.7. The van der Waals surface area contributed by atoms with Crippen LogP contribution in [0.2, 0.25) is 0 Å². The standard InChI is InChI=1S/C28H25FN2O5S/c1-3-35-24-13-19(10-11-23(24)36-17-20-7-4-6-18(2)12-20)14-25-27(33)31(28(34)37-25)16-26(32)30-22-9-5-8-21(29)15-22/h4-15H,3,16-17H2,1-2H3,(H,30,32)/b25-14+. The van der Waals surface area contributed by atoms with E-state index < -0.39 is 29.4 Å². The van der Waals surface area contributed by atoms with E-state index in [-0.39, 0.29) is 10.6 Å². The van der Waals surface area contributed by atoms with E-state index in [9.17, 15) is 18.8 Å². The predicted molar refractivity (Wildman–Crippen MR) is 141 cm³/mol. The van der Waals surface area contributed by atoms with Gasteiger partial charge in [0.2, 0.25) is 5.91 Å². The van der Waals surface area contributed by atoms with Gasteiger partial charge in [-0.15, -0.1) is 0 Å². The molecule has 1 N–H and O–H groups in total. The Morgan fingerprint density at radius 2 is 1.84 bits per heavy atom. The van der Waals surface area contributed by atoms with Crippen LogP contribution in [0.5, 0.6) is 11.5 Å². The fourth-order valence-electron chi connectivity index (χ4n) is 3.66. The van der Waals surface area contributed by atoms with Crippen LogP contribution in [0.4, 0.5) is 14.9 Å². The third-order valence-corrected chi connectivity index (χ3v) is 6.23. The van der Waals surface area contributed by atoms with Crippen LogP contribution in [-0.4, -0.2) is 35.1 Å². The van der Waals surface area contributed by atoms with Crippen LogP contribution in [0.3, 0.4) is 0 Å². The minimum absolute atomic E-state index is 0.180. The number of imide groups is 1. The van der Waals surface area contributed by atoms with Gasteiger partial charge in [0, 0.05) is 5.69 Å². The molecule has 1 fully saturated rings. The average Bonchev–Trinajstić information content (AvgIpc) is 3.11. The normalized spacial score (nSPS) is 14.2. The minimum atomic E-state index is -0.608. The van der Waals surface area contributed by atoms with Crippen molar-refractivity contribution in [1.29, 1.82) is 0 Å². The molecule has 0 radical (unpaired) electrons. The van der Waals surface area contributed by atoms with Gasteiger partial charge in [-0.2, -0.15) is 0 Å². The number of nitrogens with zero attached hydrogens (tertiary/aromatic N) is 1. The maximum absolute atomic E-state index is 13.3. The summed E-state index contributed by atoms with van der Waals surface area (Å²) in [5.74, 6) is -0.629. The van der Waals surface area contributed by atoms with Gasteiger partial charge in [0.1, 0.15) is 19.0 Å². The number of hydrogen-bond acceptors (Lipinski definition) is 6. The SMILES string of the molecule is CCOc1cc(/C=C2/SC(=O)N(CC(=O)Nc3cccc(F)c3)C2=O)ccc1OCc1cccc(C)c1. The van der Waals surface area contributed by atoms with Gasteiger partial charge in [-0.05, 0) is 73.1 Å². The number of rotatable bonds is 9. The zero-order valence-corrected chi connectivity index (χ0v) is 21.1. The second-order valence-electron chi connectivity index (χ2n) is 8.24. The van der Waals surface area contributed by atoms with Crippen LogP contribution in [0, 0.1) is 12.7 Å². The summed E-state index contributed by atoms with van der Waals surface area (Å²) in [5, 5.41) is 1.92. The Kier molecular flexibility index (Phi) is 8.25. The summed E-state index contributed by atoms with van der Waals surface area (Å²) >= 11 is 0.746. The molecular weight excluding hydrogens is 495 g/mol. The first-order chi connectivity index (χ1) is 17.8. The Hall–Kier alpha value is -4.11. The number of carbonyl (C=O) groups excluding carboxylic acids is 3. The molecular formula is C28H25FN2O5S. The summed E-state index contributed by atoms with van der Waals surface area (Å²) in [6.07, 6.45) is 1.57. The second-order valence-corrected chi connectivity index (χ2v) is 9.24. The van der Waals surface area contributed by atoms with Crippen molar-refractivity contribution in [3.8, 4) is 11.5 Å². The number of aryl methyl sites for hydroxylation is 1. The minimum Gasteiger partial charge on any atom is -0.490 e. The number of hydrogen-bond donors (Lipinski definition) is 1. The Morgan fingerprint density at radius 1 is 1.03 bits per heavy atom. The number of amides is 3. The van der Waals surface area contributed by atoms with Gasteiger partial charge in [0.25, 0.3) is 11.1 Å². The first-order valence-electron chi connectivity index (χ1n) is 11.6. The van der Waals surface area contributed by atoms with Crippen LogP contribution >= 0.6 is 11.8 Å². The van der Waals surface area contributed by atoms with E-state index in [1.807, 2.05) is 38.1 Å². The van der Waals surface area contributed by atoms with Crippen LogP contribution < -0.4 is 14.8 Å². The molecule has 3 aromatic carbocycles. The third-order valence-electron chi connectivity index (χ3n) is 5.33. The molecule has 190 valence electrons. The fraction of sp³-hybridized carbons (Fsp3) is 0.179. The average molecular weight is 521 g/mol. The fourth-order valence-corrected chi connectivity index (χ4v) is 4.50. The van der Waals surface area contributed by atoms with Crippen LogP contribution in [0.15, 0.2) is 71.6 Å². The van der Waals surface area contributed by atoms with Gasteiger partial charge in [-0.25, -0.2) is 4.39 Å². The van der Waals surface area contributed by atoms with Gasteiger partial charge < -0.3 is 14.8 Å². The molecule has 4 rings (SSSR count). The molecule has 0 aliphatic carbocycles. The number of ether oxygens (including phenoxy) is 2. The maximum Gasteiger partial charge on any atom is 0.294 e. The van der Waals surface area contributed by atoms with E-state index in [1.54, 1.807) is 24.3 Å². The lowest BCUT2D eigenvalue weighted by Crippen LogP contribution is -2.36. The van der Waals surface area contributed by atoms with Crippen molar-refractivity contribution in [3.63, 3.8) is 0 Å². The molecule has 3 amide bonds. The zero-order valence-electron chi connectivity index (χ0n) is 20.3. The Balaban J connectivity index is 1.45. The number of anilines is 1. The predicted octanol–water partition coefficient (Wildman–Crippen LogP) is 5.79. The van der Waals surface area contributed by atoms with E-state index in [0.29, 0.717) is 30.3 Å². The molecule has 3 aromatic rings. The highest BCUT2D eigenvalue weighted by Gasteiger charge is 2.36. The Morgan fingerprint density at radius 3 is 2.59 bits per heavy atom. The maximum atomic E-state index is 13.3. The van der Waals surface area contributed by atoms with Gasteiger partial charge in [0.15, 0.2) is 11.5 Å². The van der Waals surface area contributed by atoms with E-state index in [2.05, 4.69) is 5.32 Å². The van der Waals surface area contributed by atoms with Crippen molar-refractivity contribution >= 4 is 40.6 Å². The lowest BCUT2D eigenvalue weighted by molar-refractivity contribution is -0.127. The molecule has 0 aromatic heterocycles. The lowest BCUT2D eigenvalue weighted by Gasteiger charge is -2.13. The first kappa shape index (κ1) is 26.0. The summed E-state index contributed by atoms with van der Waals surface area (Å²) in [6, 6.07) is 18.6. The summed E-state index contributed by atoms with van der Waals surface area (Å²) in [7, 11) is 0. The molecule has 0 bridgehead atoms. The van der Waals surface area contributed by atoms with Crippen molar-refractivity contribution in [2.75, 3.05) is 18.5 Å². The molecule has 37 heavy (non-hydrogen) atoms. The van der Waals surface area contributed by atoms with Crippen molar-refractivity contribution < 1.29 is 28.2 Å². The lowest BCUT2D eigenvalue weighted by atomic mass is 10.1. The number of carbonyl (C=O) groups is 3. The van der Waals surface area contributed by atoms with Crippen LogP contribution in [-0.2, 0) is 16.2 Å². The van der Waals surface area contributed by atoms with Crippen molar-refractivity contribution in [2.24, 2.45) is 0 Å². The van der Waals surface area contributed by atoms with E-state index in [4.69, 9.17) is 9.47 Å². The summed E-state index contributed by atoms with van der Waals surface area (Å²) in [5.41, 5.74) is 3.05. The molecule has 1 heterocycles. The number of halogens is 1. The highest BCUT2D eigenvalue weighted by Crippen LogP contribution is 2.35. The molecule has 0 spiro atoms. The van der Waals surface area contributed by atoms with Gasteiger partial charge in [0.05, 0.1) is 11.5 Å². The summed E-state index contributed by atoms with van der Waals surface area (Å²) in [4.78, 5) is 38.7. The topological polar surface area (TPSA) is 84.9 Å². The number of nitrogens with one attached hydrogen (secondary N) is 1. The van der Waals surface area contributed by atoms with E-state index >= 15 is 0 Å². The molecule has 0 atom stereocenters. The molecule has 1 aliphatic heterocycles. The number of thioether (sulfide) groups is 1. The quantitative estimate of drug-likeness (QED) is 0.360. The smallest absolute Gasteiger partial charge is 0.294 e. The molecule has 0 unspecified atom stereocenters. The van der Waals surface area contributed by atoms with Gasteiger partial charge in [-0.1, -0.05) is 42.0 Å². The van der Waals surface area contributed by atoms with E-state index in [0.717, 1.165) is 33.9 Å². The van der Waals surface area contributed by atoms with Crippen LogP contribution in [0.1, 0.15) is 23.6 Å². The van der Waals surface area contributed by atoms with E-state index in [1.165, 1.54) is 18.2 Å². The third kappa shape index (κ3) is 6.77. The molecule has 9 heteroatoms. The number of benzene rings is 3. The van der Waals surface area contributed by atoms with Crippen molar-refractivity contribution in [2.45, 2.75) is 20.5 Å². The molecule has 7 nitrogen and oxygen atoms in total. The molecule has 1 aliphatic rings. The van der Waals surface area contributed by atoms with Crippen LogP contribution in [0.25, 0.3) is 6.08 Å². The summed E-state index contributed by atoms with van der Waals surface area (Å²) in [6.45, 7) is 4.19. The van der Waals surface area contributed by atoms with Gasteiger partial charge >= 0.3 is 0 Å². The largest absolute Gasteiger partial charge is 0.490 e. The Labute approximate surface area is 218 Å². The first-order valence-corrected chi connectivity index (χ1v) is 12.4. The summed E-state index contributed by atoms with van der Waals surface area (Å²) < 4.78 is 25.0. The van der Waals surface area contributed by atoms with Crippen molar-refractivity contribution in [1.82, 2.24) is 4.90 Å². The zero-order chi connectivity index (χ0) is 26.4. The van der Waals surface area contributed by atoms with Crippen molar-refractivity contribution in [3.05, 3.63) is 94.1 Å². The Bertz CT molecular complexity index is 1370. The highest BCUT2D eigenvalue weighted by atomic mass is 32.2.